The van der Waals surface area contributed by atoms with E-state index >= 15 is 0 Å². The highest BCUT2D eigenvalue weighted by Crippen LogP contribution is 2.23. The molecule has 6 heteroatoms. The number of nitrogens with zero attached hydrogens (tertiary/aromatic N) is 3. The Hall–Kier alpha value is -2.63. The van der Waals surface area contributed by atoms with Crippen LogP contribution in [0.2, 0.25) is 0 Å². The lowest BCUT2D eigenvalue weighted by molar-refractivity contribution is 0.955. The second-order valence-electron chi connectivity index (χ2n) is 4.95. The van der Waals surface area contributed by atoms with E-state index in [0.717, 1.165) is 35.5 Å². The summed E-state index contributed by atoms with van der Waals surface area (Å²) in [5.74, 6) is 1.35. The van der Waals surface area contributed by atoms with Gasteiger partial charge in [0.25, 0.3) is 0 Å². The highest BCUT2D eigenvalue weighted by Gasteiger charge is 2.09. The summed E-state index contributed by atoms with van der Waals surface area (Å²) in [4.78, 5) is 8.94. The molecule has 6 nitrogen and oxygen atoms in total. The van der Waals surface area contributed by atoms with E-state index in [1.807, 2.05) is 12.1 Å². The first-order chi connectivity index (χ1) is 10.3. The number of aromatic amines is 1. The summed E-state index contributed by atoms with van der Waals surface area (Å²) in [6.45, 7) is 5.01. The first-order valence-electron chi connectivity index (χ1n) is 7.05. The van der Waals surface area contributed by atoms with Gasteiger partial charge >= 0.3 is 0 Å². The number of benzene rings is 1. The molecule has 0 spiro atoms. The van der Waals surface area contributed by atoms with Gasteiger partial charge in [-0.05, 0) is 25.5 Å². The summed E-state index contributed by atoms with van der Waals surface area (Å²) in [6, 6.07) is 8.18. The summed E-state index contributed by atoms with van der Waals surface area (Å²) < 4.78 is 0. The third kappa shape index (κ3) is 2.94. The van der Waals surface area contributed by atoms with Crippen molar-refractivity contribution in [2.75, 3.05) is 17.2 Å². The summed E-state index contributed by atoms with van der Waals surface area (Å²) in [7, 11) is 0. The number of fused-ring (bicyclic) bond motifs is 1. The van der Waals surface area contributed by atoms with Gasteiger partial charge in [-0.1, -0.05) is 24.6 Å². The van der Waals surface area contributed by atoms with Gasteiger partial charge in [0.15, 0.2) is 5.65 Å². The van der Waals surface area contributed by atoms with Crippen molar-refractivity contribution in [2.45, 2.75) is 20.3 Å². The number of aryl methyl sites for hydroxylation is 1. The van der Waals surface area contributed by atoms with Crippen LogP contribution in [0, 0.1) is 6.92 Å². The molecule has 0 bridgehead atoms. The molecule has 0 saturated carbocycles. The molecule has 0 radical (unpaired) electrons. The normalized spacial score (nSPS) is 10.8. The second kappa shape index (κ2) is 5.78. The summed E-state index contributed by atoms with van der Waals surface area (Å²) in [6.07, 6.45) is 2.75. The molecule has 21 heavy (non-hydrogen) atoms. The number of anilines is 3. The molecule has 3 rings (SSSR count). The van der Waals surface area contributed by atoms with Crippen molar-refractivity contribution < 1.29 is 0 Å². The van der Waals surface area contributed by atoms with E-state index in [1.54, 1.807) is 6.20 Å². The van der Waals surface area contributed by atoms with Crippen molar-refractivity contribution in [1.29, 1.82) is 0 Å². The van der Waals surface area contributed by atoms with Crippen LogP contribution in [0.5, 0.6) is 0 Å². The molecule has 108 valence electrons. The van der Waals surface area contributed by atoms with Crippen molar-refractivity contribution in [1.82, 2.24) is 20.2 Å². The molecule has 3 aromatic rings. The molecule has 0 aliphatic heterocycles. The first-order valence-corrected chi connectivity index (χ1v) is 7.05. The molecule has 0 saturated heterocycles. The van der Waals surface area contributed by atoms with Crippen LogP contribution in [0.15, 0.2) is 30.5 Å². The van der Waals surface area contributed by atoms with E-state index < -0.39 is 0 Å². The maximum Gasteiger partial charge on any atom is 0.226 e. The molecule has 2 aromatic heterocycles. The smallest absolute Gasteiger partial charge is 0.226 e. The Kier molecular flexibility index (Phi) is 3.68. The van der Waals surface area contributed by atoms with Crippen LogP contribution in [-0.2, 0) is 0 Å². The minimum Gasteiger partial charge on any atom is -0.354 e. The van der Waals surface area contributed by atoms with Crippen molar-refractivity contribution in [3.63, 3.8) is 0 Å². The first kappa shape index (κ1) is 13.4. The van der Waals surface area contributed by atoms with Crippen LogP contribution in [0.1, 0.15) is 18.9 Å². The number of hydrogen-bond donors (Lipinski definition) is 3. The lowest BCUT2D eigenvalue weighted by Crippen LogP contribution is -2.06. The fourth-order valence-corrected chi connectivity index (χ4v) is 2.02. The fourth-order valence-electron chi connectivity index (χ4n) is 2.02. The zero-order chi connectivity index (χ0) is 14.7. The SMILES string of the molecule is CCCNc1nc(Nc2ccc(C)cc2)c2cn[nH]c2n1. The number of rotatable bonds is 5. The van der Waals surface area contributed by atoms with E-state index in [9.17, 15) is 0 Å². The molecule has 0 amide bonds. The minimum absolute atomic E-state index is 0.600. The molecule has 0 atom stereocenters. The Labute approximate surface area is 123 Å². The van der Waals surface area contributed by atoms with Gasteiger partial charge in [0.1, 0.15) is 5.82 Å². The molecular formula is C15H18N6. The fraction of sp³-hybridized carbons (Fsp3) is 0.267. The molecule has 0 aliphatic carbocycles. The monoisotopic (exact) mass is 282 g/mol. The minimum atomic E-state index is 0.600. The van der Waals surface area contributed by atoms with Crippen molar-refractivity contribution >= 4 is 28.5 Å². The molecule has 0 aliphatic rings. The summed E-state index contributed by atoms with van der Waals surface area (Å²) in [5.41, 5.74) is 2.93. The summed E-state index contributed by atoms with van der Waals surface area (Å²) in [5, 5.41) is 14.3. The van der Waals surface area contributed by atoms with Gasteiger partial charge < -0.3 is 10.6 Å². The molecule has 1 aromatic carbocycles. The van der Waals surface area contributed by atoms with E-state index in [1.165, 1.54) is 5.56 Å². The average molecular weight is 282 g/mol. The van der Waals surface area contributed by atoms with Gasteiger partial charge in [-0.3, -0.25) is 5.10 Å². The second-order valence-corrected chi connectivity index (χ2v) is 4.95. The predicted octanol–water partition coefficient (Wildman–Crippen LogP) is 3.23. The number of hydrogen-bond acceptors (Lipinski definition) is 5. The Morgan fingerprint density at radius 1 is 1.14 bits per heavy atom. The van der Waals surface area contributed by atoms with Crippen LogP contribution in [0.3, 0.4) is 0 Å². The Morgan fingerprint density at radius 2 is 1.95 bits per heavy atom. The zero-order valence-corrected chi connectivity index (χ0v) is 12.1. The number of H-pyrrole nitrogens is 1. The van der Waals surface area contributed by atoms with Gasteiger partial charge in [-0.15, -0.1) is 0 Å². The van der Waals surface area contributed by atoms with Crippen LogP contribution in [0.4, 0.5) is 17.5 Å². The largest absolute Gasteiger partial charge is 0.354 e. The molecule has 2 heterocycles. The van der Waals surface area contributed by atoms with Crippen molar-refractivity contribution in [3.05, 3.63) is 36.0 Å². The van der Waals surface area contributed by atoms with E-state index in [-0.39, 0.29) is 0 Å². The highest BCUT2D eigenvalue weighted by atomic mass is 15.2. The Bertz CT molecular complexity index is 732. The highest BCUT2D eigenvalue weighted by molar-refractivity contribution is 5.89. The lowest BCUT2D eigenvalue weighted by atomic mass is 10.2. The predicted molar refractivity (Wildman–Crippen MR) is 84.9 cm³/mol. The molecule has 0 unspecified atom stereocenters. The van der Waals surface area contributed by atoms with Crippen molar-refractivity contribution in [3.8, 4) is 0 Å². The van der Waals surface area contributed by atoms with E-state index in [0.29, 0.717) is 5.95 Å². The van der Waals surface area contributed by atoms with Crippen LogP contribution < -0.4 is 10.6 Å². The van der Waals surface area contributed by atoms with Crippen molar-refractivity contribution in [2.24, 2.45) is 0 Å². The molecule has 3 N–H and O–H groups in total. The maximum atomic E-state index is 4.54. The van der Waals surface area contributed by atoms with Crippen LogP contribution >= 0.6 is 0 Å². The lowest BCUT2D eigenvalue weighted by Gasteiger charge is -2.09. The molecular weight excluding hydrogens is 264 g/mol. The Morgan fingerprint density at radius 3 is 2.71 bits per heavy atom. The third-order valence-corrected chi connectivity index (χ3v) is 3.16. The van der Waals surface area contributed by atoms with E-state index in [2.05, 4.69) is 56.8 Å². The zero-order valence-electron chi connectivity index (χ0n) is 12.1. The maximum absolute atomic E-state index is 4.54. The van der Waals surface area contributed by atoms with Gasteiger partial charge in [0.05, 0.1) is 11.6 Å². The number of nitrogens with one attached hydrogen (secondary N) is 3. The summed E-state index contributed by atoms with van der Waals surface area (Å²) >= 11 is 0. The van der Waals surface area contributed by atoms with Gasteiger partial charge in [0.2, 0.25) is 5.95 Å². The third-order valence-electron chi connectivity index (χ3n) is 3.16. The molecule has 0 fully saturated rings. The van der Waals surface area contributed by atoms with Crippen LogP contribution in [0.25, 0.3) is 11.0 Å². The van der Waals surface area contributed by atoms with Gasteiger partial charge in [-0.25, -0.2) is 0 Å². The quantitative estimate of drug-likeness (QED) is 0.669. The topological polar surface area (TPSA) is 78.5 Å². The average Bonchev–Trinajstić information content (AvgIpc) is 2.96. The van der Waals surface area contributed by atoms with Gasteiger partial charge in [0, 0.05) is 12.2 Å². The standard InChI is InChI=1S/C15H18N6/c1-3-8-16-15-19-13(12-9-17-21-14(12)20-15)18-11-6-4-10(2)5-7-11/h4-7,9H,3,8H2,1-2H3,(H3,16,17,18,19,20,21). The Balaban J connectivity index is 1.95. The van der Waals surface area contributed by atoms with E-state index in [4.69, 9.17) is 0 Å². The van der Waals surface area contributed by atoms with Gasteiger partial charge in [-0.2, -0.15) is 15.1 Å². The number of aromatic nitrogens is 4. The van der Waals surface area contributed by atoms with Crippen LogP contribution in [-0.4, -0.2) is 26.7 Å².